The summed E-state index contributed by atoms with van der Waals surface area (Å²) in [4.78, 5) is 37.5. The van der Waals surface area contributed by atoms with Gasteiger partial charge in [-0.25, -0.2) is 0 Å². The van der Waals surface area contributed by atoms with Gasteiger partial charge in [0, 0.05) is 25.7 Å². The standard InChI is InChI=1S/C11H16N2O4/c1-17-9(14)4-5-12-6-7-13(8-2-3-8)11(16)10(12)15/h8H,2-7H2,1H3. The number of rotatable bonds is 4. The Morgan fingerprint density at radius 2 is 2.00 bits per heavy atom. The number of nitrogens with zero attached hydrogens (tertiary/aromatic N) is 2. The largest absolute Gasteiger partial charge is 0.469 e. The average molecular weight is 240 g/mol. The Balaban J connectivity index is 1.87. The number of hydrogen-bond acceptors (Lipinski definition) is 4. The molecule has 94 valence electrons. The van der Waals surface area contributed by atoms with Crippen molar-refractivity contribution >= 4 is 17.8 Å². The van der Waals surface area contributed by atoms with Crippen LogP contribution in [0, 0.1) is 0 Å². The van der Waals surface area contributed by atoms with Crippen molar-refractivity contribution in [2.45, 2.75) is 25.3 Å². The molecule has 0 atom stereocenters. The minimum Gasteiger partial charge on any atom is -0.469 e. The summed E-state index contributed by atoms with van der Waals surface area (Å²) in [6.45, 7) is 1.35. The smallest absolute Gasteiger partial charge is 0.312 e. The van der Waals surface area contributed by atoms with Crippen molar-refractivity contribution in [2.24, 2.45) is 0 Å². The molecule has 2 fully saturated rings. The number of hydrogen-bond donors (Lipinski definition) is 0. The summed E-state index contributed by atoms with van der Waals surface area (Å²) in [5, 5.41) is 0. The highest BCUT2D eigenvalue weighted by Gasteiger charge is 2.40. The van der Waals surface area contributed by atoms with E-state index in [0.29, 0.717) is 13.1 Å². The van der Waals surface area contributed by atoms with E-state index < -0.39 is 11.8 Å². The first-order valence-electron chi connectivity index (χ1n) is 5.80. The van der Waals surface area contributed by atoms with E-state index in [9.17, 15) is 14.4 Å². The summed E-state index contributed by atoms with van der Waals surface area (Å²) in [6.07, 6.45) is 2.14. The van der Waals surface area contributed by atoms with Gasteiger partial charge in [0.15, 0.2) is 0 Å². The molecule has 0 aromatic carbocycles. The molecule has 1 aliphatic carbocycles. The van der Waals surface area contributed by atoms with Gasteiger partial charge >= 0.3 is 17.8 Å². The Hall–Kier alpha value is -1.59. The van der Waals surface area contributed by atoms with E-state index in [4.69, 9.17) is 0 Å². The van der Waals surface area contributed by atoms with Crippen molar-refractivity contribution in [1.29, 1.82) is 0 Å². The number of piperazine rings is 1. The topological polar surface area (TPSA) is 66.9 Å². The van der Waals surface area contributed by atoms with Gasteiger partial charge in [0.05, 0.1) is 13.5 Å². The maximum absolute atomic E-state index is 11.8. The summed E-state index contributed by atoms with van der Waals surface area (Å²) in [5.41, 5.74) is 0. The summed E-state index contributed by atoms with van der Waals surface area (Å²) in [7, 11) is 1.31. The van der Waals surface area contributed by atoms with Crippen LogP contribution in [0.15, 0.2) is 0 Å². The fourth-order valence-corrected chi connectivity index (χ4v) is 1.97. The first-order valence-corrected chi connectivity index (χ1v) is 5.80. The van der Waals surface area contributed by atoms with Crippen molar-refractivity contribution in [3.05, 3.63) is 0 Å². The monoisotopic (exact) mass is 240 g/mol. The zero-order valence-corrected chi connectivity index (χ0v) is 9.85. The van der Waals surface area contributed by atoms with Gasteiger partial charge in [-0.15, -0.1) is 0 Å². The quantitative estimate of drug-likeness (QED) is 0.485. The second-order valence-corrected chi connectivity index (χ2v) is 4.35. The van der Waals surface area contributed by atoms with E-state index in [0.717, 1.165) is 12.8 Å². The normalized spacial score (nSPS) is 20.8. The van der Waals surface area contributed by atoms with Gasteiger partial charge in [0.1, 0.15) is 0 Å². The second-order valence-electron chi connectivity index (χ2n) is 4.35. The molecule has 0 radical (unpaired) electrons. The molecule has 0 unspecified atom stereocenters. The third-order valence-electron chi connectivity index (χ3n) is 3.14. The van der Waals surface area contributed by atoms with Gasteiger partial charge in [-0.05, 0) is 12.8 Å². The lowest BCUT2D eigenvalue weighted by atomic mass is 10.2. The van der Waals surface area contributed by atoms with Crippen molar-refractivity contribution in [1.82, 2.24) is 9.80 Å². The molecular formula is C11H16N2O4. The molecule has 0 aromatic rings. The summed E-state index contributed by atoms with van der Waals surface area (Å²) < 4.78 is 4.50. The van der Waals surface area contributed by atoms with Gasteiger partial charge in [-0.3, -0.25) is 14.4 Å². The van der Waals surface area contributed by atoms with Crippen LogP contribution in [0.2, 0.25) is 0 Å². The molecule has 0 spiro atoms. The van der Waals surface area contributed by atoms with Crippen LogP contribution >= 0.6 is 0 Å². The maximum atomic E-state index is 11.8. The number of ether oxygens (including phenoxy) is 1. The van der Waals surface area contributed by atoms with E-state index in [2.05, 4.69) is 4.74 Å². The molecule has 2 amide bonds. The van der Waals surface area contributed by atoms with Crippen LogP contribution in [0.5, 0.6) is 0 Å². The first kappa shape index (κ1) is 11.9. The highest BCUT2D eigenvalue weighted by Crippen LogP contribution is 2.28. The lowest BCUT2D eigenvalue weighted by Crippen LogP contribution is -2.55. The Bertz CT molecular complexity index is 351. The first-order chi connectivity index (χ1) is 8.13. The van der Waals surface area contributed by atoms with E-state index in [1.165, 1.54) is 12.0 Å². The molecule has 1 heterocycles. The summed E-state index contributed by atoms with van der Waals surface area (Å²) >= 11 is 0. The number of esters is 1. The van der Waals surface area contributed by atoms with E-state index in [-0.39, 0.29) is 25.0 Å². The number of carbonyl (C=O) groups excluding carboxylic acids is 3. The van der Waals surface area contributed by atoms with Gasteiger partial charge in [-0.2, -0.15) is 0 Å². The Kier molecular flexibility index (Phi) is 3.31. The van der Waals surface area contributed by atoms with Crippen molar-refractivity contribution < 1.29 is 19.1 Å². The van der Waals surface area contributed by atoms with Crippen molar-refractivity contribution in [3.8, 4) is 0 Å². The fraction of sp³-hybridized carbons (Fsp3) is 0.727. The third kappa shape index (κ3) is 2.57. The van der Waals surface area contributed by atoms with Crippen molar-refractivity contribution in [2.75, 3.05) is 26.7 Å². The van der Waals surface area contributed by atoms with Crippen LogP contribution in [0.3, 0.4) is 0 Å². The number of amides is 2. The highest BCUT2D eigenvalue weighted by atomic mass is 16.5. The molecule has 6 heteroatoms. The number of carbonyl (C=O) groups is 3. The Labute approximate surface area is 99.5 Å². The Morgan fingerprint density at radius 3 is 2.59 bits per heavy atom. The predicted molar refractivity (Wildman–Crippen MR) is 57.9 cm³/mol. The summed E-state index contributed by atoms with van der Waals surface area (Å²) in [6, 6.07) is 0.272. The van der Waals surface area contributed by atoms with E-state index in [1.807, 2.05) is 0 Å². The highest BCUT2D eigenvalue weighted by molar-refractivity contribution is 6.35. The van der Waals surface area contributed by atoms with E-state index in [1.54, 1.807) is 4.90 Å². The molecule has 1 saturated heterocycles. The lowest BCUT2D eigenvalue weighted by molar-refractivity contribution is -0.157. The SMILES string of the molecule is COC(=O)CCN1CCN(C2CC2)C(=O)C1=O. The van der Waals surface area contributed by atoms with Gasteiger partial charge in [-0.1, -0.05) is 0 Å². The van der Waals surface area contributed by atoms with Crippen LogP contribution in [0.4, 0.5) is 0 Å². The predicted octanol–water partition coefficient (Wildman–Crippen LogP) is -0.617. The Morgan fingerprint density at radius 1 is 1.29 bits per heavy atom. The summed E-state index contributed by atoms with van der Waals surface area (Å²) in [5.74, 6) is -1.29. The van der Waals surface area contributed by atoms with Crippen LogP contribution in [-0.2, 0) is 19.1 Å². The molecule has 2 aliphatic rings. The average Bonchev–Trinajstić information content (AvgIpc) is 3.14. The van der Waals surface area contributed by atoms with Crippen LogP contribution < -0.4 is 0 Å². The van der Waals surface area contributed by atoms with Gasteiger partial charge in [0.2, 0.25) is 0 Å². The zero-order chi connectivity index (χ0) is 12.4. The molecule has 0 N–H and O–H groups in total. The molecule has 17 heavy (non-hydrogen) atoms. The molecule has 1 aliphatic heterocycles. The second kappa shape index (κ2) is 4.73. The molecule has 0 bridgehead atoms. The van der Waals surface area contributed by atoms with Crippen molar-refractivity contribution in [3.63, 3.8) is 0 Å². The van der Waals surface area contributed by atoms with E-state index >= 15 is 0 Å². The van der Waals surface area contributed by atoms with Crippen LogP contribution in [0.25, 0.3) is 0 Å². The minimum atomic E-state index is -0.493. The van der Waals surface area contributed by atoms with Crippen LogP contribution in [0.1, 0.15) is 19.3 Å². The van der Waals surface area contributed by atoms with Crippen LogP contribution in [-0.4, -0.2) is 60.4 Å². The minimum absolute atomic E-state index is 0.138. The molecule has 0 aromatic heterocycles. The molecule has 1 saturated carbocycles. The molecule has 6 nitrogen and oxygen atoms in total. The fourth-order valence-electron chi connectivity index (χ4n) is 1.97. The zero-order valence-electron chi connectivity index (χ0n) is 9.85. The maximum Gasteiger partial charge on any atom is 0.312 e. The lowest BCUT2D eigenvalue weighted by Gasteiger charge is -2.33. The third-order valence-corrected chi connectivity index (χ3v) is 3.14. The molecular weight excluding hydrogens is 224 g/mol. The number of methoxy groups -OCH3 is 1. The van der Waals surface area contributed by atoms with Gasteiger partial charge in [0.25, 0.3) is 0 Å². The van der Waals surface area contributed by atoms with Gasteiger partial charge < -0.3 is 14.5 Å². The molecule has 2 rings (SSSR count).